The number of aromatic hydroxyl groups is 1. The van der Waals surface area contributed by atoms with E-state index in [0.717, 1.165) is 4.90 Å². The van der Waals surface area contributed by atoms with Crippen LogP contribution in [0.4, 0.5) is 0 Å². The number of phenols is 1. The van der Waals surface area contributed by atoms with Crippen molar-refractivity contribution in [1.29, 1.82) is 0 Å². The molecule has 0 spiro atoms. The van der Waals surface area contributed by atoms with E-state index in [1.165, 1.54) is 9.79 Å². The van der Waals surface area contributed by atoms with E-state index in [1.54, 1.807) is 13.2 Å². The monoisotopic (exact) mass is 309 g/mol. The summed E-state index contributed by atoms with van der Waals surface area (Å²) in [5.41, 5.74) is 0. The molecule has 0 aromatic heterocycles. The number of phenolic OH excluding ortho intramolecular Hbond substituents is 1. The molecule has 0 saturated heterocycles. The molecule has 0 aliphatic carbocycles. The van der Waals surface area contributed by atoms with Crippen molar-refractivity contribution in [3.05, 3.63) is 78.9 Å². The molecule has 0 bridgehead atoms. The van der Waals surface area contributed by atoms with E-state index in [0.29, 0.717) is 5.75 Å². The fourth-order valence-electron chi connectivity index (χ4n) is 2.31. The maximum atomic E-state index is 9.99. The minimum atomic E-state index is -0.277. The Morgan fingerprint density at radius 1 is 0.727 bits per heavy atom. The van der Waals surface area contributed by atoms with Gasteiger partial charge in [-0.1, -0.05) is 36.4 Å². The smallest absolute Gasteiger partial charge is 0.173 e. The van der Waals surface area contributed by atoms with Crippen molar-refractivity contribution in [3.63, 3.8) is 0 Å². The van der Waals surface area contributed by atoms with E-state index in [9.17, 15) is 5.11 Å². The standard InChI is InChI=1S/C19H16O2S/c1-21-16-12-15(20)13-19(14-16)22(17-8-4-2-5-9-17)18-10-6-3-7-11-18/h2-14H,1H3/p+1. The molecule has 110 valence electrons. The molecular formula is C19H17O2S+. The fourth-order valence-corrected chi connectivity index (χ4v) is 4.46. The van der Waals surface area contributed by atoms with Crippen LogP contribution in [0.1, 0.15) is 0 Å². The van der Waals surface area contributed by atoms with Crippen molar-refractivity contribution < 1.29 is 9.84 Å². The zero-order chi connectivity index (χ0) is 15.4. The molecule has 0 radical (unpaired) electrons. The summed E-state index contributed by atoms with van der Waals surface area (Å²) >= 11 is 0. The minimum Gasteiger partial charge on any atom is -0.508 e. The van der Waals surface area contributed by atoms with E-state index in [1.807, 2.05) is 48.5 Å². The van der Waals surface area contributed by atoms with E-state index in [4.69, 9.17) is 4.74 Å². The fraction of sp³-hybridized carbons (Fsp3) is 0.0526. The highest BCUT2D eigenvalue weighted by Gasteiger charge is 2.29. The predicted molar refractivity (Wildman–Crippen MR) is 89.7 cm³/mol. The first-order valence-corrected chi connectivity index (χ1v) is 8.23. The van der Waals surface area contributed by atoms with Crippen LogP contribution in [0.25, 0.3) is 0 Å². The van der Waals surface area contributed by atoms with Gasteiger partial charge in [0.15, 0.2) is 14.7 Å². The van der Waals surface area contributed by atoms with Gasteiger partial charge in [0.1, 0.15) is 11.5 Å². The molecule has 2 nitrogen and oxygen atoms in total. The molecule has 0 saturated carbocycles. The summed E-state index contributed by atoms with van der Waals surface area (Å²) in [5.74, 6) is 0.887. The normalized spacial score (nSPS) is 10.6. The summed E-state index contributed by atoms with van der Waals surface area (Å²) in [4.78, 5) is 3.46. The molecule has 0 fully saturated rings. The molecule has 22 heavy (non-hydrogen) atoms. The van der Waals surface area contributed by atoms with Crippen molar-refractivity contribution in [3.8, 4) is 11.5 Å². The quantitative estimate of drug-likeness (QED) is 0.719. The first kappa shape index (κ1) is 14.5. The van der Waals surface area contributed by atoms with Gasteiger partial charge in [-0.25, -0.2) is 0 Å². The summed E-state index contributed by atoms with van der Waals surface area (Å²) in [6, 6.07) is 26.1. The Morgan fingerprint density at radius 2 is 1.27 bits per heavy atom. The summed E-state index contributed by atoms with van der Waals surface area (Å²) in [6.07, 6.45) is 0. The average molecular weight is 309 g/mol. The van der Waals surface area contributed by atoms with Gasteiger partial charge >= 0.3 is 0 Å². The van der Waals surface area contributed by atoms with E-state index < -0.39 is 0 Å². The van der Waals surface area contributed by atoms with E-state index in [2.05, 4.69) is 24.3 Å². The minimum absolute atomic E-state index is 0.221. The highest BCUT2D eigenvalue weighted by molar-refractivity contribution is 7.97. The third-order valence-corrected chi connectivity index (χ3v) is 5.49. The number of hydrogen-bond donors (Lipinski definition) is 1. The van der Waals surface area contributed by atoms with Gasteiger partial charge in [-0.2, -0.15) is 0 Å². The number of rotatable bonds is 4. The van der Waals surface area contributed by atoms with Crippen molar-refractivity contribution in [2.75, 3.05) is 7.11 Å². The van der Waals surface area contributed by atoms with Gasteiger partial charge in [0.2, 0.25) is 0 Å². The van der Waals surface area contributed by atoms with Crippen LogP contribution in [0, 0.1) is 0 Å². The van der Waals surface area contributed by atoms with Gasteiger partial charge in [-0.3, -0.25) is 0 Å². The van der Waals surface area contributed by atoms with Gasteiger partial charge in [-0.15, -0.1) is 0 Å². The Bertz CT molecular complexity index is 702. The molecule has 0 aliphatic rings. The second-order valence-electron chi connectivity index (χ2n) is 4.80. The van der Waals surface area contributed by atoms with Gasteiger partial charge in [0.25, 0.3) is 0 Å². The van der Waals surface area contributed by atoms with Crippen LogP contribution in [0.5, 0.6) is 11.5 Å². The number of ether oxygens (including phenoxy) is 1. The average Bonchev–Trinajstić information content (AvgIpc) is 2.56. The van der Waals surface area contributed by atoms with E-state index in [-0.39, 0.29) is 16.6 Å². The molecule has 0 amide bonds. The second-order valence-corrected chi connectivity index (χ2v) is 6.83. The number of benzene rings is 3. The largest absolute Gasteiger partial charge is 0.508 e. The maximum Gasteiger partial charge on any atom is 0.173 e. The molecule has 0 heterocycles. The summed E-state index contributed by atoms with van der Waals surface area (Å²) in [5, 5.41) is 9.99. The van der Waals surface area contributed by atoms with E-state index >= 15 is 0 Å². The molecule has 0 atom stereocenters. The SMILES string of the molecule is COc1cc(O)cc([S+](c2ccccc2)c2ccccc2)c1. The van der Waals surface area contributed by atoms with Gasteiger partial charge in [-0.05, 0) is 24.3 Å². The van der Waals surface area contributed by atoms with Crippen LogP contribution < -0.4 is 4.74 Å². The van der Waals surface area contributed by atoms with Crippen LogP contribution in [-0.2, 0) is 10.9 Å². The molecule has 1 N–H and O–H groups in total. The van der Waals surface area contributed by atoms with Gasteiger partial charge in [0, 0.05) is 18.2 Å². The number of hydrogen-bond acceptors (Lipinski definition) is 2. The highest BCUT2D eigenvalue weighted by Crippen LogP contribution is 2.35. The maximum absolute atomic E-state index is 9.99. The first-order valence-electron chi connectivity index (χ1n) is 7.00. The van der Waals surface area contributed by atoms with Crippen LogP contribution in [0.15, 0.2) is 93.5 Å². The van der Waals surface area contributed by atoms with Crippen LogP contribution in [0.2, 0.25) is 0 Å². The Morgan fingerprint density at radius 3 is 1.77 bits per heavy atom. The molecule has 3 rings (SSSR count). The van der Waals surface area contributed by atoms with Crippen molar-refractivity contribution in [2.24, 2.45) is 0 Å². The van der Waals surface area contributed by atoms with Crippen molar-refractivity contribution in [1.82, 2.24) is 0 Å². The summed E-state index contributed by atoms with van der Waals surface area (Å²) in [6.45, 7) is 0. The third-order valence-electron chi connectivity index (χ3n) is 3.29. The Hall–Kier alpha value is -2.39. The molecular weight excluding hydrogens is 292 g/mol. The highest BCUT2D eigenvalue weighted by atomic mass is 32.2. The summed E-state index contributed by atoms with van der Waals surface area (Å²) < 4.78 is 5.30. The topological polar surface area (TPSA) is 29.5 Å². The lowest BCUT2D eigenvalue weighted by Gasteiger charge is -2.09. The molecule has 0 unspecified atom stereocenters. The zero-order valence-electron chi connectivity index (χ0n) is 12.3. The summed E-state index contributed by atoms with van der Waals surface area (Å²) in [7, 11) is 1.34. The predicted octanol–water partition coefficient (Wildman–Crippen LogP) is 4.50. The molecule has 0 aliphatic heterocycles. The zero-order valence-corrected chi connectivity index (χ0v) is 13.1. The van der Waals surface area contributed by atoms with Gasteiger partial charge < -0.3 is 9.84 Å². The lowest BCUT2D eigenvalue weighted by atomic mass is 10.3. The van der Waals surface area contributed by atoms with Crippen molar-refractivity contribution >= 4 is 10.9 Å². The van der Waals surface area contributed by atoms with Gasteiger partial charge in [0.05, 0.1) is 18.0 Å². The van der Waals surface area contributed by atoms with Crippen LogP contribution in [0.3, 0.4) is 0 Å². The van der Waals surface area contributed by atoms with Crippen molar-refractivity contribution in [2.45, 2.75) is 14.7 Å². The van der Waals surface area contributed by atoms with Crippen LogP contribution >= 0.6 is 0 Å². The van der Waals surface area contributed by atoms with Crippen LogP contribution in [-0.4, -0.2) is 12.2 Å². The second kappa shape index (κ2) is 6.58. The molecule has 3 aromatic carbocycles. The Labute approximate surface area is 133 Å². The lowest BCUT2D eigenvalue weighted by Crippen LogP contribution is -2.04. The Kier molecular flexibility index (Phi) is 4.35. The third kappa shape index (κ3) is 3.10. The molecule has 3 aromatic rings. The Balaban J connectivity index is 2.16. The lowest BCUT2D eigenvalue weighted by molar-refractivity contribution is 0.406. The molecule has 3 heteroatoms. The first-order chi connectivity index (χ1) is 10.8. The number of methoxy groups -OCH3 is 1.